The Labute approximate surface area is 200 Å². The van der Waals surface area contributed by atoms with Gasteiger partial charge in [-0.2, -0.15) is 4.98 Å². The minimum absolute atomic E-state index is 0.156. The van der Waals surface area contributed by atoms with E-state index in [1.165, 1.54) is 37.5 Å². The van der Waals surface area contributed by atoms with Crippen molar-refractivity contribution in [1.82, 2.24) is 15.0 Å². The van der Waals surface area contributed by atoms with Crippen molar-refractivity contribution in [2.75, 3.05) is 29.1 Å². The second-order valence-corrected chi connectivity index (χ2v) is 7.52. The SMILES string of the molecule is CC(=O)Nc1c(C)ccc(Nc2ncnc(NCCCOc3ccc(OC(F)(F)F)cc3)n2)c1C. The maximum atomic E-state index is 12.2. The van der Waals surface area contributed by atoms with Gasteiger partial charge in [-0.1, -0.05) is 6.07 Å². The molecule has 2 aromatic carbocycles. The summed E-state index contributed by atoms with van der Waals surface area (Å²) in [5, 5.41) is 9.04. The monoisotopic (exact) mass is 490 g/mol. The van der Waals surface area contributed by atoms with E-state index in [1.807, 2.05) is 26.0 Å². The third kappa shape index (κ3) is 8.02. The fraction of sp³-hybridized carbons (Fsp3) is 0.304. The van der Waals surface area contributed by atoms with Gasteiger partial charge in [0.05, 0.1) is 6.61 Å². The molecule has 0 aliphatic rings. The zero-order valence-electron chi connectivity index (χ0n) is 19.4. The van der Waals surface area contributed by atoms with Crippen LogP contribution in [0.2, 0.25) is 0 Å². The quantitative estimate of drug-likeness (QED) is 0.342. The van der Waals surface area contributed by atoms with Crippen molar-refractivity contribution in [1.29, 1.82) is 0 Å². The Balaban J connectivity index is 1.48. The minimum atomic E-state index is -4.73. The van der Waals surface area contributed by atoms with Crippen molar-refractivity contribution >= 4 is 29.2 Å². The molecule has 0 aliphatic carbocycles. The van der Waals surface area contributed by atoms with Gasteiger partial charge < -0.3 is 25.4 Å². The van der Waals surface area contributed by atoms with E-state index < -0.39 is 6.36 Å². The molecule has 3 N–H and O–H groups in total. The van der Waals surface area contributed by atoms with Crippen LogP contribution < -0.4 is 25.4 Å². The third-order valence-corrected chi connectivity index (χ3v) is 4.72. The minimum Gasteiger partial charge on any atom is -0.494 e. The zero-order chi connectivity index (χ0) is 25.4. The number of carbonyl (C=O) groups excluding carboxylic acids is 1. The molecule has 1 heterocycles. The van der Waals surface area contributed by atoms with E-state index in [-0.39, 0.29) is 11.7 Å². The van der Waals surface area contributed by atoms with Gasteiger partial charge in [0.25, 0.3) is 0 Å². The number of rotatable bonds is 10. The lowest BCUT2D eigenvalue weighted by Crippen LogP contribution is -2.17. The highest BCUT2D eigenvalue weighted by Crippen LogP contribution is 2.29. The van der Waals surface area contributed by atoms with Crippen molar-refractivity contribution in [2.24, 2.45) is 0 Å². The third-order valence-electron chi connectivity index (χ3n) is 4.72. The summed E-state index contributed by atoms with van der Waals surface area (Å²) < 4.78 is 45.9. The summed E-state index contributed by atoms with van der Waals surface area (Å²) in [5.41, 5.74) is 3.27. The molecule has 12 heteroatoms. The van der Waals surface area contributed by atoms with Gasteiger partial charge in [-0.3, -0.25) is 4.79 Å². The van der Waals surface area contributed by atoms with Gasteiger partial charge in [0, 0.05) is 24.8 Å². The normalized spacial score (nSPS) is 11.0. The molecule has 9 nitrogen and oxygen atoms in total. The van der Waals surface area contributed by atoms with E-state index >= 15 is 0 Å². The van der Waals surface area contributed by atoms with Crippen LogP contribution >= 0.6 is 0 Å². The van der Waals surface area contributed by atoms with Crippen LogP contribution in [0.5, 0.6) is 11.5 Å². The second-order valence-electron chi connectivity index (χ2n) is 7.52. The zero-order valence-corrected chi connectivity index (χ0v) is 19.4. The average Bonchev–Trinajstić information content (AvgIpc) is 2.79. The van der Waals surface area contributed by atoms with Crippen molar-refractivity contribution in [3.63, 3.8) is 0 Å². The standard InChI is InChI=1S/C23H25F3N6O3/c1-14-5-10-19(15(2)20(14)30-16(3)33)31-22-29-13-28-21(32-22)27-11-4-12-34-17-6-8-18(9-7-17)35-23(24,25)26/h5-10,13H,4,11-12H2,1-3H3,(H,30,33)(H2,27,28,29,31,32). The molecule has 1 amide bonds. The first-order chi connectivity index (χ1) is 16.6. The van der Waals surface area contributed by atoms with Crippen LogP contribution in [0.4, 0.5) is 36.4 Å². The second kappa shape index (κ2) is 11.4. The predicted octanol–water partition coefficient (Wildman–Crippen LogP) is 4.97. The summed E-state index contributed by atoms with van der Waals surface area (Å²) in [4.78, 5) is 24.1. The smallest absolute Gasteiger partial charge is 0.494 e. The van der Waals surface area contributed by atoms with Crippen LogP contribution in [0.1, 0.15) is 24.5 Å². The molecule has 0 saturated carbocycles. The average molecular weight is 490 g/mol. The van der Waals surface area contributed by atoms with Gasteiger partial charge in [-0.05, 0) is 61.7 Å². The number of hydrogen-bond donors (Lipinski definition) is 3. The first-order valence-electron chi connectivity index (χ1n) is 10.7. The van der Waals surface area contributed by atoms with Crippen molar-refractivity contribution in [3.05, 3.63) is 53.9 Å². The number of benzene rings is 2. The van der Waals surface area contributed by atoms with Gasteiger partial charge in [-0.25, -0.2) is 9.97 Å². The molecule has 0 atom stereocenters. The Kier molecular flexibility index (Phi) is 8.29. The van der Waals surface area contributed by atoms with Crippen LogP contribution in [0.25, 0.3) is 0 Å². The molecule has 0 fully saturated rings. The Morgan fingerprint density at radius 2 is 1.69 bits per heavy atom. The van der Waals surface area contributed by atoms with E-state index in [1.54, 1.807) is 0 Å². The molecule has 0 bridgehead atoms. The number of aryl methyl sites for hydroxylation is 1. The Hall–Kier alpha value is -4.09. The summed E-state index contributed by atoms with van der Waals surface area (Å²) >= 11 is 0. The number of aromatic nitrogens is 3. The number of hydrogen-bond acceptors (Lipinski definition) is 8. The number of carbonyl (C=O) groups is 1. The summed E-state index contributed by atoms with van der Waals surface area (Å²) in [5.74, 6) is 0.663. The first kappa shape index (κ1) is 25.5. The van der Waals surface area contributed by atoms with Gasteiger partial charge in [0.15, 0.2) is 0 Å². The van der Waals surface area contributed by atoms with Crippen LogP contribution in [0.3, 0.4) is 0 Å². The largest absolute Gasteiger partial charge is 0.573 e. The summed E-state index contributed by atoms with van der Waals surface area (Å²) in [6, 6.07) is 8.96. The number of amides is 1. The Morgan fingerprint density at radius 3 is 2.37 bits per heavy atom. The highest BCUT2D eigenvalue weighted by molar-refractivity contribution is 5.92. The van der Waals surface area contributed by atoms with Crippen molar-refractivity contribution in [2.45, 2.75) is 33.6 Å². The van der Waals surface area contributed by atoms with E-state index in [4.69, 9.17) is 4.74 Å². The molecule has 186 valence electrons. The molecule has 3 rings (SSSR count). The van der Waals surface area contributed by atoms with E-state index in [0.29, 0.717) is 37.2 Å². The lowest BCUT2D eigenvalue weighted by atomic mass is 10.1. The molecular formula is C23H25F3N6O3. The number of halogens is 3. The fourth-order valence-electron chi connectivity index (χ4n) is 3.11. The first-order valence-corrected chi connectivity index (χ1v) is 10.7. The summed E-state index contributed by atoms with van der Waals surface area (Å²) in [6.45, 7) is 6.08. The van der Waals surface area contributed by atoms with E-state index in [0.717, 1.165) is 22.5 Å². The van der Waals surface area contributed by atoms with Crippen LogP contribution in [-0.4, -0.2) is 40.4 Å². The molecular weight excluding hydrogens is 465 g/mol. The Morgan fingerprint density at radius 1 is 1.00 bits per heavy atom. The lowest BCUT2D eigenvalue weighted by molar-refractivity contribution is -0.274. The van der Waals surface area contributed by atoms with Crippen LogP contribution in [0, 0.1) is 13.8 Å². The van der Waals surface area contributed by atoms with Crippen molar-refractivity contribution in [3.8, 4) is 11.5 Å². The number of alkyl halides is 3. The molecule has 0 unspecified atom stereocenters. The van der Waals surface area contributed by atoms with Crippen LogP contribution in [-0.2, 0) is 4.79 Å². The van der Waals surface area contributed by atoms with E-state index in [9.17, 15) is 18.0 Å². The molecule has 35 heavy (non-hydrogen) atoms. The highest BCUT2D eigenvalue weighted by Gasteiger charge is 2.30. The maximum absolute atomic E-state index is 12.2. The number of nitrogens with zero attached hydrogens (tertiary/aromatic N) is 3. The van der Waals surface area contributed by atoms with Gasteiger partial charge >= 0.3 is 6.36 Å². The lowest BCUT2D eigenvalue weighted by Gasteiger charge is -2.15. The topological polar surface area (TPSA) is 110 Å². The number of anilines is 4. The van der Waals surface area contributed by atoms with Gasteiger partial charge in [-0.15, -0.1) is 13.2 Å². The van der Waals surface area contributed by atoms with Gasteiger partial charge in [0.2, 0.25) is 17.8 Å². The van der Waals surface area contributed by atoms with E-state index in [2.05, 4.69) is 35.6 Å². The summed E-state index contributed by atoms with van der Waals surface area (Å²) in [7, 11) is 0. The van der Waals surface area contributed by atoms with Crippen molar-refractivity contribution < 1.29 is 27.4 Å². The number of ether oxygens (including phenoxy) is 2. The summed E-state index contributed by atoms with van der Waals surface area (Å²) in [6.07, 6.45) is -2.77. The molecule has 0 aliphatic heterocycles. The fourth-order valence-corrected chi connectivity index (χ4v) is 3.11. The van der Waals surface area contributed by atoms with Crippen LogP contribution in [0.15, 0.2) is 42.7 Å². The van der Waals surface area contributed by atoms with Gasteiger partial charge in [0.1, 0.15) is 17.8 Å². The predicted molar refractivity (Wildman–Crippen MR) is 125 cm³/mol. The Bertz CT molecular complexity index is 1160. The molecule has 0 spiro atoms. The maximum Gasteiger partial charge on any atom is 0.573 e. The molecule has 3 aromatic rings. The molecule has 1 aromatic heterocycles. The molecule has 0 radical (unpaired) electrons. The molecule has 0 saturated heterocycles. The number of nitrogens with one attached hydrogen (secondary N) is 3. The highest BCUT2D eigenvalue weighted by atomic mass is 19.4.